The second-order valence-corrected chi connectivity index (χ2v) is 3.99. The van der Waals surface area contributed by atoms with Crippen LogP contribution in [-0.4, -0.2) is 14.1 Å². The maximum absolute atomic E-state index is 3.21. The lowest BCUT2D eigenvalue weighted by atomic mass is 9.99. The molecule has 2 nitrogen and oxygen atoms in total. The zero-order chi connectivity index (χ0) is 11.4. The van der Waals surface area contributed by atoms with Gasteiger partial charge in [0, 0.05) is 13.1 Å². The summed E-state index contributed by atoms with van der Waals surface area (Å²) in [5, 5.41) is 9.13. The van der Waals surface area contributed by atoms with Gasteiger partial charge in [-0.3, -0.25) is 0 Å². The summed E-state index contributed by atoms with van der Waals surface area (Å²) >= 11 is 0. The summed E-state index contributed by atoms with van der Waals surface area (Å²) in [7, 11) is 3.96. The van der Waals surface area contributed by atoms with Crippen LogP contribution in [-0.2, 0) is 13.1 Å². The summed E-state index contributed by atoms with van der Waals surface area (Å²) in [5.41, 5.74) is 2.72. The molecule has 0 aliphatic carbocycles. The summed E-state index contributed by atoms with van der Waals surface area (Å²) in [5.74, 6) is 0. The number of hydrogen-bond acceptors (Lipinski definition) is 2. The Balaban J connectivity index is 2.57. The summed E-state index contributed by atoms with van der Waals surface area (Å²) in [6.45, 7) is 1.83. The van der Waals surface area contributed by atoms with Crippen molar-refractivity contribution in [2.75, 3.05) is 14.1 Å². The quantitative estimate of drug-likeness (QED) is 0.816. The molecule has 84 valence electrons. The first-order valence-electron chi connectivity index (χ1n) is 5.65. The van der Waals surface area contributed by atoms with Crippen LogP contribution in [0.15, 0.2) is 36.4 Å². The molecule has 0 fully saturated rings. The number of fused-ring (bicyclic) bond motifs is 1. The monoisotopic (exact) mass is 214 g/mol. The second-order valence-electron chi connectivity index (χ2n) is 3.99. The predicted molar refractivity (Wildman–Crippen MR) is 69.5 cm³/mol. The van der Waals surface area contributed by atoms with Gasteiger partial charge in [-0.1, -0.05) is 36.4 Å². The van der Waals surface area contributed by atoms with Crippen LogP contribution in [0, 0.1) is 0 Å². The third-order valence-corrected chi connectivity index (χ3v) is 2.84. The fourth-order valence-electron chi connectivity index (χ4n) is 2.11. The van der Waals surface area contributed by atoms with Crippen molar-refractivity contribution in [2.24, 2.45) is 0 Å². The van der Waals surface area contributed by atoms with Gasteiger partial charge >= 0.3 is 0 Å². The molecule has 0 saturated heterocycles. The molecular formula is C14H18N2. The van der Waals surface area contributed by atoms with Gasteiger partial charge in [0.25, 0.3) is 0 Å². The van der Waals surface area contributed by atoms with Crippen LogP contribution in [0.3, 0.4) is 0 Å². The van der Waals surface area contributed by atoms with Crippen molar-refractivity contribution in [3.8, 4) is 0 Å². The van der Waals surface area contributed by atoms with E-state index in [1.807, 2.05) is 14.1 Å². The minimum absolute atomic E-state index is 0.917. The molecule has 0 saturated carbocycles. The number of hydrogen-bond donors (Lipinski definition) is 2. The Labute approximate surface area is 96.7 Å². The Morgan fingerprint density at radius 2 is 1.19 bits per heavy atom. The highest BCUT2D eigenvalue weighted by Gasteiger charge is 2.03. The molecule has 0 unspecified atom stereocenters. The van der Waals surface area contributed by atoms with E-state index < -0.39 is 0 Å². The normalized spacial score (nSPS) is 10.9. The number of benzene rings is 2. The standard InChI is InChI=1S/C14H18N2/c1-15-9-11-7-8-12(10-16-2)14-6-4-3-5-13(11)14/h3-8,15-16H,9-10H2,1-2H3. The molecular weight excluding hydrogens is 196 g/mol. The first-order valence-corrected chi connectivity index (χ1v) is 5.65. The van der Waals surface area contributed by atoms with Crippen LogP contribution >= 0.6 is 0 Å². The second kappa shape index (κ2) is 5.10. The van der Waals surface area contributed by atoms with E-state index in [0.29, 0.717) is 0 Å². The van der Waals surface area contributed by atoms with Crippen LogP contribution in [0.5, 0.6) is 0 Å². The summed E-state index contributed by atoms with van der Waals surface area (Å²) < 4.78 is 0. The first-order chi connectivity index (χ1) is 7.86. The lowest BCUT2D eigenvalue weighted by Crippen LogP contribution is -2.08. The van der Waals surface area contributed by atoms with Crippen LogP contribution in [0.1, 0.15) is 11.1 Å². The summed E-state index contributed by atoms with van der Waals surface area (Å²) in [4.78, 5) is 0. The molecule has 0 heterocycles. The van der Waals surface area contributed by atoms with Gasteiger partial charge in [0.1, 0.15) is 0 Å². The van der Waals surface area contributed by atoms with E-state index >= 15 is 0 Å². The van der Waals surface area contributed by atoms with Gasteiger partial charge in [-0.2, -0.15) is 0 Å². The highest BCUT2D eigenvalue weighted by Crippen LogP contribution is 2.22. The molecule has 0 spiro atoms. The van der Waals surface area contributed by atoms with Gasteiger partial charge in [-0.25, -0.2) is 0 Å². The van der Waals surface area contributed by atoms with Gasteiger partial charge in [-0.05, 0) is 36.0 Å². The SMILES string of the molecule is CNCc1ccc(CNC)c2ccccc12. The van der Waals surface area contributed by atoms with Crippen LogP contribution in [0.4, 0.5) is 0 Å². The van der Waals surface area contributed by atoms with Crippen molar-refractivity contribution >= 4 is 10.8 Å². The molecule has 0 radical (unpaired) electrons. The van der Waals surface area contributed by atoms with Crippen LogP contribution in [0.25, 0.3) is 10.8 Å². The molecule has 0 amide bonds. The predicted octanol–water partition coefficient (Wildman–Crippen LogP) is 2.28. The summed E-state index contributed by atoms with van der Waals surface area (Å²) in [6, 6.07) is 13.0. The topological polar surface area (TPSA) is 24.1 Å². The molecule has 2 N–H and O–H groups in total. The van der Waals surface area contributed by atoms with E-state index in [2.05, 4.69) is 47.0 Å². The molecule has 0 atom stereocenters. The van der Waals surface area contributed by atoms with E-state index in [9.17, 15) is 0 Å². The van der Waals surface area contributed by atoms with Crippen LogP contribution in [0.2, 0.25) is 0 Å². The molecule has 2 rings (SSSR count). The Morgan fingerprint density at radius 1 is 0.750 bits per heavy atom. The van der Waals surface area contributed by atoms with E-state index in [1.165, 1.54) is 21.9 Å². The minimum atomic E-state index is 0.917. The first kappa shape index (κ1) is 11.1. The van der Waals surface area contributed by atoms with Gasteiger partial charge in [0.2, 0.25) is 0 Å². The zero-order valence-corrected chi connectivity index (χ0v) is 9.88. The maximum Gasteiger partial charge on any atom is 0.0208 e. The van der Waals surface area contributed by atoms with Gasteiger partial charge in [0.05, 0.1) is 0 Å². The highest BCUT2D eigenvalue weighted by atomic mass is 14.8. The van der Waals surface area contributed by atoms with E-state index in [-0.39, 0.29) is 0 Å². The van der Waals surface area contributed by atoms with Crippen LogP contribution < -0.4 is 10.6 Å². The molecule has 2 aromatic carbocycles. The Bertz CT molecular complexity index is 433. The molecule has 2 heteroatoms. The number of nitrogens with one attached hydrogen (secondary N) is 2. The van der Waals surface area contributed by atoms with Crippen molar-refractivity contribution in [3.63, 3.8) is 0 Å². The highest BCUT2D eigenvalue weighted by molar-refractivity contribution is 5.88. The van der Waals surface area contributed by atoms with Crippen molar-refractivity contribution in [1.82, 2.24) is 10.6 Å². The van der Waals surface area contributed by atoms with E-state index in [0.717, 1.165) is 13.1 Å². The molecule has 0 bridgehead atoms. The number of rotatable bonds is 4. The Hall–Kier alpha value is -1.38. The average Bonchev–Trinajstić information content (AvgIpc) is 2.33. The summed E-state index contributed by atoms with van der Waals surface area (Å²) in [6.07, 6.45) is 0. The average molecular weight is 214 g/mol. The molecule has 16 heavy (non-hydrogen) atoms. The van der Waals surface area contributed by atoms with Gasteiger partial charge < -0.3 is 10.6 Å². The fourth-order valence-corrected chi connectivity index (χ4v) is 2.11. The lowest BCUT2D eigenvalue weighted by Gasteiger charge is -2.10. The van der Waals surface area contributed by atoms with Gasteiger partial charge in [0.15, 0.2) is 0 Å². The fraction of sp³-hybridized carbons (Fsp3) is 0.286. The van der Waals surface area contributed by atoms with E-state index in [1.54, 1.807) is 0 Å². The largest absolute Gasteiger partial charge is 0.316 e. The van der Waals surface area contributed by atoms with Crippen molar-refractivity contribution in [3.05, 3.63) is 47.5 Å². The maximum atomic E-state index is 3.21. The van der Waals surface area contributed by atoms with Crippen molar-refractivity contribution in [2.45, 2.75) is 13.1 Å². The zero-order valence-electron chi connectivity index (χ0n) is 9.88. The smallest absolute Gasteiger partial charge is 0.0208 e. The van der Waals surface area contributed by atoms with Crippen molar-refractivity contribution in [1.29, 1.82) is 0 Å². The third kappa shape index (κ3) is 2.08. The molecule has 0 aliphatic heterocycles. The Kier molecular flexibility index (Phi) is 3.54. The van der Waals surface area contributed by atoms with Gasteiger partial charge in [-0.15, -0.1) is 0 Å². The molecule has 0 aliphatic rings. The lowest BCUT2D eigenvalue weighted by molar-refractivity contribution is 0.813. The molecule has 0 aromatic heterocycles. The van der Waals surface area contributed by atoms with Crippen molar-refractivity contribution < 1.29 is 0 Å². The molecule has 2 aromatic rings. The third-order valence-electron chi connectivity index (χ3n) is 2.84. The van der Waals surface area contributed by atoms with E-state index in [4.69, 9.17) is 0 Å². The Morgan fingerprint density at radius 3 is 1.56 bits per heavy atom. The minimum Gasteiger partial charge on any atom is -0.316 e.